The molecule has 12 nitrogen and oxygen atoms in total. The average molecular weight is 532 g/mol. The Hall–Kier alpha value is -5.20. The molecule has 0 aliphatic carbocycles. The second kappa shape index (κ2) is 9.28. The Kier molecular flexibility index (Phi) is 6.05. The van der Waals surface area contributed by atoms with Crippen molar-refractivity contribution in [3.8, 4) is 5.69 Å². The van der Waals surface area contributed by atoms with E-state index in [4.69, 9.17) is 0 Å². The van der Waals surface area contributed by atoms with Crippen molar-refractivity contribution < 1.29 is 23.8 Å². The number of nitro benzene ring substituents is 2. The number of aromatic nitrogens is 2. The minimum Gasteiger partial charge on any atom is -0.298 e. The molecule has 0 saturated carbocycles. The van der Waals surface area contributed by atoms with Crippen LogP contribution in [-0.4, -0.2) is 54.3 Å². The smallest absolute Gasteiger partial charge is 0.298 e. The predicted molar refractivity (Wildman–Crippen MR) is 137 cm³/mol. The molecule has 13 heteroatoms. The standard InChI is InChI=1S/C26H21FN6O6/c1-14-19(17-4-6-21(27)23(10-17)32(36)37)12-30(25(14)34)31-13-20(15(2)26(31)35)18-5-7-22(24(11-18)33(38)39)29-9-8-28-16(29)3/h4-11H,12-13H2,1-3H3. The molecule has 3 aromatic rings. The lowest BCUT2D eigenvalue weighted by Crippen LogP contribution is -2.46. The molecule has 0 bridgehead atoms. The summed E-state index contributed by atoms with van der Waals surface area (Å²) in [5.41, 5.74) is 1.74. The van der Waals surface area contributed by atoms with E-state index in [1.807, 2.05) is 0 Å². The third-order valence-corrected chi connectivity index (χ3v) is 7.02. The maximum absolute atomic E-state index is 13.9. The summed E-state index contributed by atoms with van der Waals surface area (Å²) in [4.78, 5) is 52.3. The first-order valence-corrected chi connectivity index (χ1v) is 11.8. The lowest BCUT2D eigenvalue weighted by molar-refractivity contribution is -0.387. The number of hydrogen-bond acceptors (Lipinski definition) is 7. The van der Waals surface area contributed by atoms with Crippen molar-refractivity contribution in [2.45, 2.75) is 20.8 Å². The first kappa shape index (κ1) is 25.4. The zero-order valence-electron chi connectivity index (χ0n) is 21.0. The van der Waals surface area contributed by atoms with Crippen LogP contribution in [0.25, 0.3) is 16.8 Å². The molecule has 0 saturated heterocycles. The number of carbonyl (C=O) groups excluding carboxylic acids is 2. The highest BCUT2D eigenvalue weighted by Gasteiger charge is 2.40. The number of nitrogens with zero attached hydrogens (tertiary/aromatic N) is 6. The number of amides is 2. The first-order valence-electron chi connectivity index (χ1n) is 11.8. The van der Waals surface area contributed by atoms with E-state index in [-0.39, 0.29) is 24.4 Å². The summed E-state index contributed by atoms with van der Waals surface area (Å²) in [6.07, 6.45) is 3.15. The molecule has 2 amide bonds. The van der Waals surface area contributed by atoms with Gasteiger partial charge < -0.3 is 0 Å². The van der Waals surface area contributed by atoms with Gasteiger partial charge >= 0.3 is 5.69 Å². The van der Waals surface area contributed by atoms with Gasteiger partial charge in [-0.1, -0.05) is 12.1 Å². The topological polar surface area (TPSA) is 145 Å². The average Bonchev–Trinajstić information content (AvgIpc) is 3.55. The minimum absolute atomic E-state index is 0.0128. The molecule has 0 spiro atoms. The van der Waals surface area contributed by atoms with Crippen molar-refractivity contribution in [3.63, 3.8) is 0 Å². The number of halogens is 1. The van der Waals surface area contributed by atoms with E-state index in [2.05, 4.69) is 4.98 Å². The van der Waals surface area contributed by atoms with Gasteiger partial charge in [0.15, 0.2) is 0 Å². The normalized spacial score (nSPS) is 15.7. The van der Waals surface area contributed by atoms with E-state index < -0.39 is 33.2 Å². The lowest BCUT2D eigenvalue weighted by Gasteiger charge is -2.28. The predicted octanol–water partition coefficient (Wildman–Crippen LogP) is 3.98. The van der Waals surface area contributed by atoms with Crippen LogP contribution in [0.15, 0.2) is 59.9 Å². The van der Waals surface area contributed by atoms with E-state index in [0.29, 0.717) is 39.4 Å². The molecule has 0 radical (unpaired) electrons. The SMILES string of the molecule is CC1=C(c2ccc(F)c([N+](=O)[O-])c2)CN(N2CC(c3ccc(-n4ccnc4C)c([N+](=O)[O-])c3)=C(C)C2=O)C1=O. The summed E-state index contributed by atoms with van der Waals surface area (Å²) < 4.78 is 15.5. The molecule has 0 unspecified atom stereocenters. The fraction of sp³-hybridized carbons (Fsp3) is 0.192. The highest BCUT2D eigenvalue weighted by molar-refractivity contribution is 6.10. The van der Waals surface area contributed by atoms with Crippen LogP contribution in [0.2, 0.25) is 0 Å². The number of carbonyl (C=O) groups is 2. The first-order chi connectivity index (χ1) is 18.5. The highest BCUT2D eigenvalue weighted by Crippen LogP contribution is 2.37. The number of hydrazine groups is 1. The molecule has 39 heavy (non-hydrogen) atoms. The monoisotopic (exact) mass is 532 g/mol. The highest BCUT2D eigenvalue weighted by atomic mass is 19.1. The van der Waals surface area contributed by atoms with Gasteiger partial charge in [-0.2, -0.15) is 4.39 Å². The minimum atomic E-state index is -0.995. The summed E-state index contributed by atoms with van der Waals surface area (Å²) in [7, 11) is 0. The van der Waals surface area contributed by atoms with Crippen molar-refractivity contribution in [3.05, 3.63) is 103 Å². The number of nitro groups is 2. The Morgan fingerprint density at radius 1 is 0.821 bits per heavy atom. The Morgan fingerprint density at radius 3 is 1.82 bits per heavy atom. The molecule has 2 aliphatic heterocycles. The maximum Gasteiger partial charge on any atom is 0.305 e. The molecular weight excluding hydrogens is 511 g/mol. The Morgan fingerprint density at radius 2 is 1.33 bits per heavy atom. The number of rotatable bonds is 6. The fourth-order valence-corrected chi connectivity index (χ4v) is 4.87. The van der Waals surface area contributed by atoms with Gasteiger partial charge in [0.25, 0.3) is 17.5 Å². The number of aryl methyl sites for hydroxylation is 1. The Balaban J connectivity index is 1.44. The molecule has 0 atom stereocenters. The Bertz CT molecular complexity index is 1670. The summed E-state index contributed by atoms with van der Waals surface area (Å²) >= 11 is 0. The van der Waals surface area contributed by atoms with Gasteiger partial charge in [-0.05, 0) is 55.2 Å². The molecule has 198 valence electrons. The van der Waals surface area contributed by atoms with Crippen molar-refractivity contribution >= 4 is 34.3 Å². The van der Waals surface area contributed by atoms with Gasteiger partial charge in [0, 0.05) is 35.7 Å². The fourth-order valence-electron chi connectivity index (χ4n) is 4.87. The third kappa shape index (κ3) is 4.13. The largest absolute Gasteiger partial charge is 0.305 e. The van der Waals surface area contributed by atoms with Gasteiger partial charge in [-0.3, -0.25) is 34.4 Å². The molecule has 1 aromatic heterocycles. The number of hydrogen-bond donors (Lipinski definition) is 0. The lowest BCUT2D eigenvalue weighted by atomic mass is 10.0. The Labute approximate surface area is 220 Å². The van der Waals surface area contributed by atoms with Gasteiger partial charge in [0.1, 0.15) is 11.5 Å². The zero-order chi connectivity index (χ0) is 28.2. The van der Waals surface area contributed by atoms with Crippen molar-refractivity contribution in [2.75, 3.05) is 13.1 Å². The van der Waals surface area contributed by atoms with Crippen LogP contribution in [0, 0.1) is 33.0 Å². The molecule has 0 fully saturated rings. The van der Waals surface area contributed by atoms with Crippen molar-refractivity contribution in [1.82, 2.24) is 19.6 Å². The third-order valence-electron chi connectivity index (χ3n) is 7.02. The van der Waals surface area contributed by atoms with E-state index in [1.165, 1.54) is 35.3 Å². The molecule has 0 N–H and O–H groups in total. The van der Waals surface area contributed by atoms with Gasteiger partial charge in [0.2, 0.25) is 5.82 Å². The van der Waals surface area contributed by atoms with Crippen LogP contribution in [0.4, 0.5) is 15.8 Å². The van der Waals surface area contributed by atoms with Gasteiger partial charge in [-0.15, -0.1) is 0 Å². The summed E-state index contributed by atoms with van der Waals surface area (Å²) in [6.45, 7) is 4.77. The van der Waals surface area contributed by atoms with E-state index >= 15 is 0 Å². The second-order valence-electron chi connectivity index (χ2n) is 9.16. The molecule has 3 heterocycles. The van der Waals surface area contributed by atoms with Crippen LogP contribution < -0.4 is 0 Å². The van der Waals surface area contributed by atoms with Crippen LogP contribution in [-0.2, 0) is 9.59 Å². The van der Waals surface area contributed by atoms with Crippen molar-refractivity contribution in [1.29, 1.82) is 0 Å². The molecule has 2 aliphatic rings. The number of benzene rings is 2. The second-order valence-corrected chi connectivity index (χ2v) is 9.16. The molecule has 2 aromatic carbocycles. The zero-order valence-corrected chi connectivity index (χ0v) is 21.0. The van der Waals surface area contributed by atoms with Crippen LogP contribution >= 0.6 is 0 Å². The van der Waals surface area contributed by atoms with Gasteiger partial charge in [0.05, 0.1) is 22.9 Å². The van der Waals surface area contributed by atoms with Crippen LogP contribution in [0.1, 0.15) is 30.8 Å². The quantitative estimate of drug-likeness (QED) is 0.345. The summed E-state index contributed by atoms with van der Waals surface area (Å²) in [5, 5.41) is 25.6. The van der Waals surface area contributed by atoms with Gasteiger partial charge in [-0.25, -0.2) is 15.0 Å². The van der Waals surface area contributed by atoms with E-state index in [0.717, 1.165) is 12.1 Å². The van der Waals surface area contributed by atoms with Crippen LogP contribution in [0.3, 0.4) is 0 Å². The van der Waals surface area contributed by atoms with E-state index in [9.17, 15) is 34.2 Å². The maximum atomic E-state index is 13.9. The summed E-state index contributed by atoms with van der Waals surface area (Å²) in [5.74, 6) is -1.35. The van der Waals surface area contributed by atoms with E-state index in [1.54, 1.807) is 36.7 Å². The van der Waals surface area contributed by atoms with Crippen LogP contribution in [0.5, 0.6) is 0 Å². The summed E-state index contributed by atoms with van der Waals surface area (Å²) in [6, 6.07) is 8.03. The van der Waals surface area contributed by atoms with Crippen molar-refractivity contribution in [2.24, 2.45) is 0 Å². The molecule has 5 rings (SSSR count). The number of imidazole rings is 1. The molecular formula is C26H21FN6O6.